The lowest BCUT2D eigenvalue weighted by atomic mass is 9.80. The van der Waals surface area contributed by atoms with Crippen molar-refractivity contribution in [3.05, 3.63) is 89.4 Å². The molecule has 1 unspecified atom stereocenters. The molecule has 2 heterocycles. The number of carbonyl (C=O) groups excluding carboxylic acids is 1. The van der Waals surface area contributed by atoms with Crippen molar-refractivity contribution in [1.29, 1.82) is 0 Å². The van der Waals surface area contributed by atoms with E-state index >= 15 is 0 Å². The minimum atomic E-state index is -0.424. The number of nitrogens with zero attached hydrogens (tertiary/aromatic N) is 1. The molecule has 0 bridgehead atoms. The zero-order valence-corrected chi connectivity index (χ0v) is 14.4. The lowest BCUT2D eigenvalue weighted by Crippen LogP contribution is -2.62. The van der Waals surface area contributed by atoms with Crippen molar-refractivity contribution in [2.24, 2.45) is 0 Å². The van der Waals surface area contributed by atoms with Gasteiger partial charge in [-0.2, -0.15) is 0 Å². The highest BCUT2D eigenvalue weighted by molar-refractivity contribution is 6.02. The normalized spacial score (nSPS) is 21.2. The molecule has 1 atom stereocenters. The van der Waals surface area contributed by atoms with Gasteiger partial charge in [-0.05, 0) is 48.2 Å². The quantitative estimate of drug-likeness (QED) is 0.756. The van der Waals surface area contributed by atoms with Crippen molar-refractivity contribution in [1.82, 2.24) is 4.90 Å². The summed E-state index contributed by atoms with van der Waals surface area (Å²) >= 11 is 0. The summed E-state index contributed by atoms with van der Waals surface area (Å²) in [7, 11) is 0. The molecule has 4 heteroatoms. The van der Waals surface area contributed by atoms with Crippen LogP contribution in [-0.4, -0.2) is 16.5 Å². The largest absolute Gasteiger partial charge is 0.467 e. The minimum absolute atomic E-state index is 0.0649. The van der Waals surface area contributed by atoms with Crippen molar-refractivity contribution in [2.75, 3.05) is 5.32 Å². The number of anilines is 1. The average Bonchev–Trinajstić information content (AvgIpc) is 3.18. The van der Waals surface area contributed by atoms with Gasteiger partial charge >= 0.3 is 0 Å². The fraction of sp³-hybridized carbons (Fsp3) is 0.227. The summed E-state index contributed by atoms with van der Waals surface area (Å²) in [6.45, 7) is 0.468. The van der Waals surface area contributed by atoms with E-state index in [0.717, 1.165) is 36.3 Å². The third-order valence-corrected chi connectivity index (χ3v) is 5.59. The van der Waals surface area contributed by atoms with Gasteiger partial charge in [-0.1, -0.05) is 36.4 Å². The minimum Gasteiger partial charge on any atom is -0.467 e. The number of furan rings is 1. The Labute approximate surface area is 152 Å². The average molecular weight is 344 g/mol. The van der Waals surface area contributed by atoms with Crippen LogP contribution in [0.2, 0.25) is 0 Å². The third kappa shape index (κ3) is 2.33. The van der Waals surface area contributed by atoms with Gasteiger partial charge in [0, 0.05) is 12.1 Å². The highest BCUT2D eigenvalue weighted by atomic mass is 16.3. The van der Waals surface area contributed by atoms with Crippen LogP contribution in [0.15, 0.2) is 71.3 Å². The molecule has 0 saturated carbocycles. The van der Waals surface area contributed by atoms with E-state index in [1.807, 2.05) is 41.3 Å². The SMILES string of the molecule is O=C1c2ccccc2NC2(CCc3ccccc3C2)N1Cc1ccco1. The van der Waals surface area contributed by atoms with Crippen molar-refractivity contribution in [3.63, 3.8) is 0 Å². The number of hydrogen-bond donors (Lipinski definition) is 1. The molecule has 1 N–H and O–H groups in total. The van der Waals surface area contributed by atoms with Gasteiger partial charge in [0.1, 0.15) is 11.4 Å². The second-order valence-electron chi connectivity index (χ2n) is 7.12. The highest BCUT2D eigenvalue weighted by Gasteiger charge is 2.46. The van der Waals surface area contributed by atoms with Gasteiger partial charge in [0.25, 0.3) is 5.91 Å². The first-order valence-electron chi connectivity index (χ1n) is 9.04. The first-order valence-corrected chi connectivity index (χ1v) is 9.04. The maximum Gasteiger partial charge on any atom is 0.258 e. The molecular formula is C22H20N2O2. The Morgan fingerprint density at radius 3 is 2.65 bits per heavy atom. The first kappa shape index (κ1) is 15.3. The lowest BCUT2D eigenvalue weighted by Gasteiger charge is -2.50. The molecular weight excluding hydrogens is 324 g/mol. The fourth-order valence-electron chi connectivity index (χ4n) is 4.27. The molecule has 0 fully saturated rings. The molecule has 1 amide bonds. The van der Waals surface area contributed by atoms with Gasteiger partial charge in [-0.15, -0.1) is 0 Å². The molecule has 0 saturated heterocycles. The second kappa shape index (κ2) is 5.77. The van der Waals surface area contributed by atoms with E-state index < -0.39 is 5.66 Å². The Kier molecular flexibility index (Phi) is 3.38. The van der Waals surface area contributed by atoms with E-state index in [1.165, 1.54) is 11.1 Å². The number of benzene rings is 2. The summed E-state index contributed by atoms with van der Waals surface area (Å²) in [5.41, 5.74) is 3.91. The third-order valence-electron chi connectivity index (χ3n) is 5.59. The molecule has 1 aliphatic carbocycles. The standard InChI is InChI=1S/C22H20N2O2/c25-21-19-9-3-4-10-20(19)23-22(24(21)15-18-8-5-13-26-18)12-11-16-6-1-2-7-17(16)14-22/h1-10,13,23H,11-12,14-15H2. The van der Waals surface area contributed by atoms with Crippen LogP contribution in [0.3, 0.4) is 0 Å². The Morgan fingerprint density at radius 2 is 1.81 bits per heavy atom. The van der Waals surface area contributed by atoms with Crippen LogP contribution in [0.4, 0.5) is 5.69 Å². The number of hydrogen-bond acceptors (Lipinski definition) is 3. The number of fused-ring (bicyclic) bond motifs is 2. The lowest BCUT2D eigenvalue weighted by molar-refractivity contribution is 0.0413. The van der Waals surface area contributed by atoms with Crippen LogP contribution < -0.4 is 5.32 Å². The molecule has 130 valence electrons. The number of amides is 1. The van der Waals surface area contributed by atoms with Crippen molar-refractivity contribution >= 4 is 11.6 Å². The molecule has 3 aromatic rings. The molecule has 0 radical (unpaired) electrons. The molecule has 1 spiro atoms. The monoisotopic (exact) mass is 344 g/mol. The Hall–Kier alpha value is -3.01. The molecule has 2 aromatic carbocycles. The highest BCUT2D eigenvalue weighted by Crippen LogP contribution is 2.40. The molecule has 1 aromatic heterocycles. The van der Waals surface area contributed by atoms with Crippen molar-refractivity contribution in [3.8, 4) is 0 Å². The Bertz CT molecular complexity index is 964. The zero-order chi connectivity index (χ0) is 17.6. The molecule has 1 aliphatic heterocycles. The van der Waals surface area contributed by atoms with Crippen molar-refractivity contribution in [2.45, 2.75) is 31.5 Å². The van der Waals surface area contributed by atoms with Gasteiger partial charge in [0.15, 0.2) is 0 Å². The number of rotatable bonds is 2. The van der Waals surface area contributed by atoms with E-state index in [9.17, 15) is 4.79 Å². The number of aryl methyl sites for hydroxylation is 1. The summed E-state index contributed by atoms with van der Waals surface area (Å²) in [5.74, 6) is 0.868. The zero-order valence-electron chi connectivity index (χ0n) is 14.4. The van der Waals surface area contributed by atoms with Gasteiger partial charge in [0.05, 0.1) is 18.4 Å². The fourth-order valence-corrected chi connectivity index (χ4v) is 4.27. The van der Waals surface area contributed by atoms with E-state index in [1.54, 1.807) is 6.26 Å². The second-order valence-corrected chi connectivity index (χ2v) is 7.12. The number of nitrogens with one attached hydrogen (secondary N) is 1. The van der Waals surface area contributed by atoms with Crippen LogP contribution in [0.1, 0.15) is 33.7 Å². The topological polar surface area (TPSA) is 45.5 Å². The maximum atomic E-state index is 13.4. The molecule has 5 rings (SSSR count). The van der Waals surface area contributed by atoms with Crippen LogP contribution in [0.25, 0.3) is 0 Å². The Balaban J connectivity index is 1.60. The summed E-state index contributed by atoms with van der Waals surface area (Å²) in [6, 6.07) is 20.1. The molecule has 4 nitrogen and oxygen atoms in total. The molecule has 2 aliphatic rings. The van der Waals surface area contributed by atoms with Gasteiger partial charge in [-0.3, -0.25) is 4.79 Å². The number of carbonyl (C=O) groups is 1. The predicted molar refractivity (Wildman–Crippen MR) is 99.8 cm³/mol. The van der Waals surface area contributed by atoms with Gasteiger partial charge in [0.2, 0.25) is 0 Å². The summed E-state index contributed by atoms with van der Waals surface area (Å²) in [5, 5.41) is 3.71. The van der Waals surface area contributed by atoms with Crippen molar-refractivity contribution < 1.29 is 9.21 Å². The summed E-state index contributed by atoms with van der Waals surface area (Å²) in [6.07, 6.45) is 4.29. The first-order chi connectivity index (χ1) is 12.8. The van der Waals surface area contributed by atoms with Crippen LogP contribution in [0, 0.1) is 0 Å². The van der Waals surface area contributed by atoms with Crippen LogP contribution in [-0.2, 0) is 19.4 Å². The summed E-state index contributed by atoms with van der Waals surface area (Å²) < 4.78 is 5.55. The number of para-hydroxylation sites is 1. The maximum absolute atomic E-state index is 13.4. The molecule has 26 heavy (non-hydrogen) atoms. The van der Waals surface area contributed by atoms with Gasteiger partial charge in [-0.25, -0.2) is 0 Å². The predicted octanol–water partition coefficient (Wildman–Crippen LogP) is 4.23. The van der Waals surface area contributed by atoms with Crippen LogP contribution >= 0.6 is 0 Å². The smallest absolute Gasteiger partial charge is 0.258 e. The van der Waals surface area contributed by atoms with E-state index in [0.29, 0.717) is 6.54 Å². The Morgan fingerprint density at radius 1 is 1.00 bits per heavy atom. The van der Waals surface area contributed by atoms with E-state index in [2.05, 4.69) is 29.6 Å². The van der Waals surface area contributed by atoms with E-state index in [4.69, 9.17) is 4.42 Å². The van der Waals surface area contributed by atoms with Crippen LogP contribution in [0.5, 0.6) is 0 Å². The summed E-state index contributed by atoms with van der Waals surface area (Å²) in [4.78, 5) is 15.3. The van der Waals surface area contributed by atoms with E-state index in [-0.39, 0.29) is 5.91 Å². The van der Waals surface area contributed by atoms with Gasteiger partial charge < -0.3 is 14.6 Å².